The van der Waals surface area contributed by atoms with E-state index in [0.29, 0.717) is 0 Å². The molecule has 1 heterocycles. The third kappa shape index (κ3) is 4.53. The number of rotatable bonds is 6. The van der Waals surface area contributed by atoms with Crippen molar-refractivity contribution in [3.05, 3.63) is 104 Å². The Hall–Kier alpha value is -4.04. The van der Waals surface area contributed by atoms with Gasteiger partial charge in [0.1, 0.15) is 0 Å². The number of nitrogens with zero attached hydrogens (tertiary/aromatic N) is 1. The maximum absolute atomic E-state index is 15.2. The third-order valence-electron chi connectivity index (χ3n) is 6.32. The van der Waals surface area contributed by atoms with Crippen LogP contribution in [0.2, 0.25) is 0 Å². The quantitative estimate of drug-likeness (QED) is 0.143. The summed E-state index contributed by atoms with van der Waals surface area (Å²) in [6.07, 6.45) is -1.25. The monoisotopic (exact) mass is 653 g/mol. The van der Waals surface area contributed by atoms with Gasteiger partial charge >= 0.3 is 7.32 Å². The van der Waals surface area contributed by atoms with Crippen LogP contribution in [0, 0.1) is 87.3 Å². The molecular formula is C24H7BF15NO3. The second-order valence-electron chi connectivity index (χ2n) is 8.63. The molecule has 1 atom stereocenters. The lowest BCUT2D eigenvalue weighted by molar-refractivity contribution is 0.0716. The molecule has 0 saturated heterocycles. The summed E-state index contributed by atoms with van der Waals surface area (Å²) in [6.45, 7) is 0.732. The van der Waals surface area contributed by atoms with E-state index in [0.717, 1.165) is 6.92 Å². The van der Waals surface area contributed by atoms with Gasteiger partial charge in [-0.1, -0.05) is 6.92 Å². The van der Waals surface area contributed by atoms with Gasteiger partial charge in [0.2, 0.25) is 17.5 Å². The van der Waals surface area contributed by atoms with Gasteiger partial charge in [-0.25, -0.2) is 70.8 Å². The molecule has 20 heteroatoms. The first kappa shape index (κ1) is 32.9. The van der Waals surface area contributed by atoms with Crippen molar-refractivity contribution >= 4 is 24.2 Å². The summed E-state index contributed by atoms with van der Waals surface area (Å²) in [7, 11) is -3.29. The predicted molar refractivity (Wildman–Crippen MR) is 116 cm³/mol. The number of hydrogen-bond acceptors (Lipinski definition) is 4. The molecule has 3 aromatic carbocycles. The van der Waals surface area contributed by atoms with E-state index >= 15 is 17.6 Å². The molecule has 44 heavy (non-hydrogen) atoms. The van der Waals surface area contributed by atoms with Crippen LogP contribution in [0.5, 0.6) is 0 Å². The average molecular weight is 653 g/mol. The Kier molecular flexibility index (Phi) is 8.33. The number of hydrogen-bond donors (Lipinski definition) is 2. The van der Waals surface area contributed by atoms with Gasteiger partial charge in [-0.2, -0.15) is 0 Å². The molecule has 0 saturated carbocycles. The van der Waals surface area contributed by atoms with Gasteiger partial charge in [0.25, 0.3) is 0 Å². The van der Waals surface area contributed by atoms with Gasteiger partial charge in [-0.3, -0.25) is 0 Å². The van der Waals surface area contributed by atoms with E-state index in [4.69, 9.17) is 0 Å². The van der Waals surface area contributed by atoms with Crippen molar-refractivity contribution in [1.29, 1.82) is 0 Å². The van der Waals surface area contributed by atoms with Crippen LogP contribution in [0.1, 0.15) is 30.0 Å². The second kappa shape index (κ2) is 11.2. The first-order valence-corrected chi connectivity index (χ1v) is 11.3. The van der Waals surface area contributed by atoms with Crippen LogP contribution >= 0.6 is 0 Å². The van der Waals surface area contributed by atoms with E-state index in [1.54, 1.807) is 0 Å². The van der Waals surface area contributed by atoms with Crippen molar-refractivity contribution < 1.29 is 80.6 Å². The zero-order chi connectivity index (χ0) is 33.3. The minimum absolute atomic E-state index is 0.732. The molecule has 1 unspecified atom stereocenters. The summed E-state index contributed by atoms with van der Waals surface area (Å²) in [5.41, 5.74) is -17.3. The fourth-order valence-corrected chi connectivity index (χ4v) is 4.41. The fraction of sp³-hybridized carbons (Fsp3) is 0.125. The highest BCUT2D eigenvalue weighted by Crippen LogP contribution is 2.51. The van der Waals surface area contributed by atoms with Crippen molar-refractivity contribution in [2.75, 3.05) is 0 Å². The molecule has 3 aromatic rings. The Labute approximate surface area is 233 Å². The average Bonchev–Trinajstić information content (AvgIpc) is 3.28. The van der Waals surface area contributed by atoms with Crippen molar-refractivity contribution in [3.63, 3.8) is 0 Å². The second-order valence-corrected chi connectivity index (χ2v) is 8.63. The third-order valence-corrected chi connectivity index (χ3v) is 6.32. The minimum Gasteiger partial charge on any atom is -0.402 e. The standard InChI is InChI=1S/C24H7BF15NO3/c1-2-24(44-25(42)43)7(5-10(28)16(34)21(39)17(35)11(5)29)3(4-8(26)14(32)20(38)15(33)9(4)27)23(41-24)6-12(30)18(36)22(40)19(37)13(6)31/h42-43H,2H2,1H3. The lowest BCUT2D eigenvalue weighted by atomic mass is 9.84. The molecule has 0 amide bonds. The Morgan fingerprint density at radius 1 is 0.500 bits per heavy atom. The zero-order valence-electron chi connectivity index (χ0n) is 20.7. The summed E-state index contributed by atoms with van der Waals surface area (Å²) in [4.78, 5) is 3.25. The fourth-order valence-electron chi connectivity index (χ4n) is 4.41. The molecule has 0 fully saturated rings. The van der Waals surface area contributed by atoms with Crippen molar-refractivity contribution in [3.8, 4) is 0 Å². The first-order valence-electron chi connectivity index (χ1n) is 11.3. The molecule has 0 bridgehead atoms. The van der Waals surface area contributed by atoms with E-state index in [9.17, 15) is 58.3 Å². The molecule has 1 aliphatic heterocycles. The highest BCUT2D eigenvalue weighted by molar-refractivity contribution is 6.41. The molecule has 4 rings (SSSR count). The molecule has 1 aliphatic rings. The van der Waals surface area contributed by atoms with Crippen LogP contribution in [0.3, 0.4) is 0 Å². The van der Waals surface area contributed by atoms with Crippen molar-refractivity contribution in [2.45, 2.75) is 19.1 Å². The number of allylic oxidation sites excluding steroid dienone is 1. The molecule has 0 aliphatic carbocycles. The Morgan fingerprint density at radius 2 is 0.795 bits per heavy atom. The van der Waals surface area contributed by atoms with Crippen LogP contribution in [-0.4, -0.2) is 28.8 Å². The Bertz CT molecular complexity index is 1740. The number of aliphatic imine (C=N–C) groups is 1. The Morgan fingerprint density at radius 3 is 1.11 bits per heavy atom. The van der Waals surface area contributed by atoms with Gasteiger partial charge in [0.05, 0.1) is 22.4 Å². The highest BCUT2D eigenvalue weighted by atomic mass is 19.2. The van der Waals surface area contributed by atoms with Crippen molar-refractivity contribution in [2.24, 2.45) is 4.99 Å². The first-order chi connectivity index (χ1) is 20.4. The lowest BCUT2D eigenvalue weighted by Crippen LogP contribution is -2.38. The molecule has 2 N–H and O–H groups in total. The van der Waals surface area contributed by atoms with E-state index in [-0.39, 0.29) is 0 Å². The maximum atomic E-state index is 15.2. The van der Waals surface area contributed by atoms with Gasteiger partial charge in [-0.15, -0.1) is 0 Å². The molecule has 0 spiro atoms. The molecular weight excluding hydrogens is 646 g/mol. The summed E-state index contributed by atoms with van der Waals surface area (Å²) in [6, 6.07) is 0. The molecule has 0 radical (unpaired) electrons. The maximum Gasteiger partial charge on any atom is 0.635 e. The van der Waals surface area contributed by atoms with Gasteiger partial charge in [0.15, 0.2) is 75.5 Å². The Balaban J connectivity index is 2.43. The summed E-state index contributed by atoms with van der Waals surface area (Å²) in [5.74, 6) is -43.7. The van der Waals surface area contributed by atoms with Gasteiger partial charge in [-0.05, 0) is 6.42 Å². The summed E-state index contributed by atoms with van der Waals surface area (Å²) in [5, 5.41) is 18.9. The predicted octanol–water partition coefficient (Wildman–Crippen LogP) is 6.28. The van der Waals surface area contributed by atoms with Crippen LogP contribution in [0.25, 0.3) is 11.1 Å². The van der Waals surface area contributed by atoms with Crippen LogP contribution < -0.4 is 0 Å². The number of halogens is 15. The van der Waals surface area contributed by atoms with Crippen LogP contribution in [0.15, 0.2) is 4.99 Å². The lowest BCUT2D eigenvalue weighted by Gasteiger charge is -2.30. The summed E-state index contributed by atoms with van der Waals surface area (Å²) >= 11 is 0. The van der Waals surface area contributed by atoms with Gasteiger partial charge < -0.3 is 14.7 Å². The van der Waals surface area contributed by atoms with Gasteiger partial charge in [0, 0.05) is 11.1 Å². The zero-order valence-corrected chi connectivity index (χ0v) is 20.7. The van der Waals surface area contributed by atoms with E-state index in [1.165, 1.54) is 0 Å². The van der Waals surface area contributed by atoms with Crippen LogP contribution in [-0.2, 0) is 4.65 Å². The van der Waals surface area contributed by atoms with E-state index in [1.807, 2.05) is 0 Å². The SMILES string of the molecule is CCC1(OB(O)O)N=C(c2c(F)c(F)c(F)c(F)c2F)C(c2c(F)c(F)c(F)c(F)c2F)=C1c1c(F)c(F)c(F)c(F)c1F. The largest absolute Gasteiger partial charge is 0.635 e. The molecule has 234 valence electrons. The normalized spacial score (nSPS) is 16.7. The molecule has 0 aromatic heterocycles. The topological polar surface area (TPSA) is 62.0 Å². The number of benzene rings is 3. The van der Waals surface area contributed by atoms with Crippen LogP contribution in [0.4, 0.5) is 65.9 Å². The smallest absolute Gasteiger partial charge is 0.402 e. The summed E-state index contributed by atoms with van der Waals surface area (Å²) < 4.78 is 222. The molecule has 4 nitrogen and oxygen atoms in total. The van der Waals surface area contributed by atoms with E-state index < -0.39 is 140 Å². The minimum atomic E-state index is -3.59. The van der Waals surface area contributed by atoms with Crippen molar-refractivity contribution in [1.82, 2.24) is 0 Å². The highest BCUT2D eigenvalue weighted by Gasteiger charge is 2.51. The van der Waals surface area contributed by atoms with E-state index in [2.05, 4.69) is 9.65 Å².